The second-order valence-corrected chi connectivity index (χ2v) is 8.41. The molecule has 1 heterocycles. The molecule has 0 aromatic heterocycles. The van der Waals surface area contributed by atoms with Crippen LogP contribution in [-0.2, 0) is 16.1 Å². The average molecular weight is 421 g/mol. The fourth-order valence-corrected chi connectivity index (χ4v) is 3.61. The summed E-state index contributed by atoms with van der Waals surface area (Å²) in [6.45, 7) is 7.88. The Morgan fingerprint density at radius 1 is 0.968 bits per heavy atom. The number of ether oxygens (including phenoxy) is 1. The molecule has 1 aliphatic rings. The fraction of sp³-hybridized carbons (Fsp3) is 0.385. The molecule has 2 aromatic rings. The van der Waals surface area contributed by atoms with E-state index in [4.69, 9.17) is 4.74 Å². The summed E-state index contributed by atoms with van der Waals surface area (Å²) in [5, 5.41) is 0. The maximum Gasteiger partial charge on any atom is 0.277 e. The van der Waals surface area contributed by atoms with Gasteiger partial charge in [-0.15, -0.1) is 0 Å². The van der Waals surface area contributed by atoms with E-state index in [1.54, 1.807) is 0 Å². The number of hydrogen-bond donors (Lipinski definition) is 0. The number of carbonyl (C=O) groups excluding carboxylic acids is 2. The number of carbonyl (C=O) groups is 2. The molecule has 0 saturated carbocycles. The van der Waals surface area contributed by atoms with Crippen LogP contribution in [0.4, 0.5) is 0 Å². The van der Waals surface area contributed by atoms with Gasteiger partial charge in [0.25, 0.3) is 11.8 Å². The molecular weight excluding hydrogens is 388 g/mol. The second-order valence-electron chi connectivity index (χ2n) is 8.41. The van der Waals surface area contributed by atoms with E-state index in [-0.39, 0.29) is 11.8 Å². The van der Waals surface area contributed by atoms with Gasteiger partial charge in [-0.25, -0.2) is 0 Å². The molecule has 2 aromatic carbocycles. The van der Waals surface area contributed by atoms with Crippen LogP contribution in [0.1, 0.15) is 44.7 Å². The van der Waals surface area contributed by atoms with E-state index >= 15 is 0 Å². The van der Waals surface area contributed by atoms with Crippen molar-refractivity contribution >= 4 is 17.4 Å². The van der Waals surface area contributed by atoms with Gasteiger partial charge in [-0.3, -0.25) is 14.5 Å². The molecule has 0 saturated heterocycles. The van der Waals surface area contributed by atoms with Crippen molar-refractivity contribution in [2.75, 3.05) is 20.2 Å². The highest BCUT2D eigenvalue weighted by Gasteiger charge is 2.40. The first-order valence-corrected chi connectivity index (χ1v) is 11.0. The van der Waals surface area contributed by atoms with Crippen LogP contribution in [0, 0.1) is 5.92 Å². The molecule has 0 bridgehead atoms. The summed E-state index contributed by atoms with van der Waals surface area (Å²) in [6, 6.07) is 17.4. The summed E-state index contributed by atoms with van der Waals surface area (Å²) in [5.41, 5.74) is 2.75. The van der Waals surface area contributed by atoms with E-state index in [0.717, 1.165) is 29.7 Å². The number of benzene rings is 2. The molecular formula is C26H32N2O3. The maximum absolute atomic E-state index is 13.3. The highest BCUT2D eigenvalue weighted by atomic mass is 16.5. The lowest BCUT2D eigenvalue weighted by Gasteiger charge is -2.21. The molecule has 3 rings (SSSR count). The van der Waals surface area contributed by atoms with Crippen LogP contribution in [0.2, 0.25) is 0 Å². The van der Waals surface area contributed by atoms with Gasteiger partial charge >= 0.3 is 0 Å². The highest BCUT2D eigenvalue weighted by Crippen LogP contribution is 2.33. The van der Waals surface area contributed by atoms with Crippen molar-refractivity contribution in [1.29, 1.82) is 0 Å². The number of amides is 2. The Kier molecular flexibility index (Phi) is 7.50. The summed E-state index contributed by atoms with van der Waals surface area (Å²) in [4.78, 5) is 29.8. The van der Waals surface area contributed by atoms with Crippen LogP contribution < -0.4 is 4.74 Å². The number of nitrogens with zero attached hydrogens (tertiary/aromatic N) is 2. The molecule has 1 aliphatic heterocycles. The maximum atomic E-state index is 13.3. The quantitative estimate of drug-likeness (QED) is 0.521. The Bertz CT molecular complexity index is 933. The van der Waals surface area contributed by atoms with E-state index < -0.39 is 0 Å². The molecule has 0 aliphatic carbocycles. The minimum atomic E-state index is -0.218. The second kappa shape index (κ2) is 10.3. The number of likely N-dealkylation sites (N-methyl/N-ethyl adjacent to an activating group) is 1. The Morgan fingerprint density at radius 2 is 1.65 bits per heavy atom. The third-order valence-corrected chi connectivity index (χ3v) is 5.25. The first-order valence-electron chi connectivity index (χ1n) is 11.0. The summed E-state index contributed by atoms with van der Waals surface area (Å²) in [6.07, 6.45) is 1.71. The van der Waals surface area contributed by atoms with Crippen molar-refractivity contribution in [2.45, 2.75) is 40.2 Å². The SMILES string of the molecule is CCCCN1C(=O)C(c2ccc(OCC(C)C)cc2)=C(N(C)Cc2ccccc2)C1=O. The molecule has 2 amide bonds. The monoisotopic (exact) mass is 420 g/mol. The predicted octanol–water partition coefficient (Wildman–Crippen LogP) is 4.73. The van der Waals surface area contributed by atoms with Gasteiger partial charge in [-0.2, -0.15) is 0 Å². The molecule has 0 spiro atoms. The first kappa shape index (κ1) is 22.6. The van der Waals surface area contributed by atoms with Crippen molar-refractivity contribution < 1.29 is 14.3 Å². The van der Waals surface area contributed by atoms with Crippen molar-refractivity contribution in [2.24, 2.45) is 5.92 Å². The van der Waals surface area contributed by atoms with Crippen LogP contribution in [0.3, 0.4) is 0 Å². The lowest BCUT2D eigenvalue weighted by atomic mass is 10.0. The standard InChI is InChI=1S/C26H32N2O3/c1-5-6-16-28-25(29)23(21-12-14-22(15-13-21)31-18-19(2)3)24(26(28)30)27(4)17-20-10-8-7-9-11-20/h7-15,19H,5-6,16-18H2,1-4H3. The van der Waals surface area contributed by atoms with Gasteiger partial charge in [0.15, 0.2) is 0 Å². The van der Waals surface area contributed by atoms with Gasteiger partial charge in [0.2, 0.25) is 0 Å². The van der Waals surface area contributed by atoms with Crippen LogP contribution in [-0.4, -0.2) is 41.8 Å². The molecule has 0 unspecified atom stereocenters. The Hall–Kier alpha value is -3.08. The van der Waals surface area contributed by atoms with Crippen molar-refractivity contribution in [3.8, 4) is 5.75 Å². The summed E-state index contributed by atoms with van der Waals surface area (Å²) in [5.74, 6) is 0.759. The fourth-order valence-electron chi connectivity index (χ4n) is 3.61. The minimum Gasteiger partial charge on any atom is -0.493 e. The average Bonchev–Trinajstić information content (AvgIpc) is 3.01. The van der Waals surface area contributed by atoms with Gasteiger partial charge in [-0.1, -0.05) is 69.7 Å². The molecule has 0 N–H and O–H groups in total. The zero-order chi connectivity index (χ0) is 22.4. The summed E-state index contributed by atoms with van der Waals surface area (Å²) in [7, 11) is 1.87. The van der Waals surface area contributed by atoms with E-state index in [9.17, 15) is 9.59 Å². The Balaban J connectivity index is 1.93. The lowest BCUT2D eigenvalue weighted by molar-refractivity contribution is -0.137. The van der Waals surface area contributed by atoms with Crippen LogP contribution in [0.25, 0.3) is 5.57 Å². The van der Waals surface area contributed by atoms with E-state index in [1.807, 2.05) is 66.5 Å². The molecule has 5 nitrogen and oxygen atoms in total. The van der Waals surface area contributed by atoms with Crippen molar-refractivity contribution in [3.05, 3.63) is 71.4 Å². The summed E-state index contributed by atoms with van der Waals surface area (Å²) < 4.78 is 5.77. The topological polar surface area (TPSA) is 49.9 Å². The van der Waals surface area contributed by atoms with Gasteiger partial charge < -0.3 is 9.64 Å². The highest BCUT2D eigenvalue weighted by molar-refractivity contribution is 6.35. The van der Waals surface area contributed by atoms with Gasteiger partial charge in [0, 0.05) is 20.1 Å². The van der Waals surface area contributed by atoms with Crippen LogP contribution in [0.15, 0.2) is 60.3 Å². The third kappa shape index (κ3) is 5.35. The molecule has 5 heteroatoms. The Morgan fingerprint density at radius 3 is 2.26 bits per heavy atom. The van der Waals surface area contributed by atoms with Gasteiger partial charge in [0.05, 0.1) is 12.2 Å². The third-order valence-electron chi connectivity index (χ3n) is 5.25. The summed E-state index contributed by atoms with van der Waals surface area (Å²) >= 11 is 0. The minimum absolute atomic E-state index is 0.216. The van der Waals surface area contributed by atoms with Crippen molar-refractivity contribution in [3.63, 3.8) is 0 Å². The number of rotatable bonds is 10. The van der Waals surface area contributed by atoms with E-state index in [2.05, 4.69) is 20.8 Å². The molecule has 0 atom stereocenters. The number of hydrogen-bond acceptors (Lipinski definition) is 4. The van der Waals surface area contributed by atoms with Gasteiger partial charge in [-0.05, 0) is 35.6 Å². The number of unbranched alkanes of at least 4 members (excludes halogenated alkanes) is 1. The molecule has 0 radical (unpaired) electrons. The van der Waals surface area contributed by atoms with E-state index in [0.29, 0.717) is 36.9 Å². The van der Waals surface area contributed by atoms with Gasteiger partial charge in [0.1, 0.15) is 11.4 Å². The largest absolute Gasteiger partial charge is 0.493 e. The van der Waals surface area contributed by atoms with Crippen LogP contribution in [0.5, 0.6) is 5.75 Å². The van der Waals surface area contributed by atoms with Crippen LogP contribution >= 0.6 is 0 Å². The van der Waals surface area contributed by atoms with Crippen molar-refractivity contribution in [1.82, 2.24) is 9.80 Å². The zero-order valence-electron chi connectivity index (χ0n) is 18.9. The first-order chi connectivity index (χ1) is 14.9. The normalized spacial score (nSPS) is 14.0. The zero-order valence-corrected chi connectivity index (χ0v) is 18.9. The Labute approximate surface area is 185 Å². The predicted molar refractivity (Wildman–Crippen MR) is 123 cm³/mol. The molecule has 31 heavy (non-hydrogen) atoms. The molecule has 0 fully saturated rings. The number of imide groups is 1. The lowest BCUT2D eigenvalue weighted by Crippen LogP contribution is -2.34. The van der Waals surface area contributed by atoms with E-state index in [1.165, 1.54) is 4.90 Å². The smallest absolute Gasteiger partial charge is 0.277 e. The molecule has 164 valence electrons.